The Kier molecular flexibility index (Phi) is 3.82. The van der Waals surface area contributed by atoms with E-state index in [1.54, 1.807) is 4.90 Å². The van der Waals surface area contributed by atoms with Crippen LogP contribution in [0.3, 0.4) is 0 Å². The molecule has 2 heterocycles. The molecule has 19 heavy (non-hydrogen) atoms. The molecule has 0 unspecified atom stereocenters. The number of hydrogen-bond donors (Lipinski definition) is 0. The predicted octanol–water partition coefficient (Wildman–Crippen LogP) is 2.32. The van der Waals surface area contributed by atoms with E-state index in [4.69, 9.17) is 9.47 Å². The van der Waals surface area contributed by atoms with Crippen molar-refractivity contribution in [3.8, 4) is 0 Å². The van der Waals surface area contributed by atoms with Gasteiger partial charge in [0.25, 0.3) is 0 Å². The van der Waals surface area contributed by atoms with Crippen LogP contribution in [0.1, 0.15) is 33.6 Å². The second kappa shape index (κ2) is 4.96. The van der Waals surface area contributed by atoms with Gasteiger partial charge in [-0.2, -0.15) is 0 Å². The van der Waals surface area contributed by atoms with Gasteiger partial charge in [-0.05, 0) is 33.6 Å². The van der Waals surface area contributed by atoms with E-state index in [0.717, 1.165) is 6.42 Å². The molecule has 4 atom stereocenters. The van der Waals surface area contributed by atoms with E-state index >= 15 is 0 Å². The Bertz CT molecular complexity index is 393. The van der Waals surface area contributed by atoms with Crippen LogP contribution >= 0.6 is 15.9 Å². The first-order valence-electron chi connectivity index (χ1n) is 6.48. The molecule has 2 rings (SSSR count). The molecule has 0 radical (unpaired) electrons. The molecule has 0 spiro atoms. The Morgan fingerprint density at radius 2 is 1.84 bits per heavy atom. The number of amides is 1. The molecular weight excluding hydrogens is 314 g/mol. The smallest absolute Gasteiger partial charge is 0.410 e. The van der Waals surface area contributed by atoms with E-state index in [-0.39, 0.29) is 34.9 Å². The maximum atomic E-state index is 12.3. The molecule has 2 aliphatic heterocycles. The lowest BCUT2D eigenvalue weighted by Gasteiger charge is -2.27. The zero-order valence-corrected chi connectivity index (χ0v) is 13.3. The van der Waals surface area contributed by atoms with Gasteiger partial charge < -0.3 is 14.4 Å². The molecule has 108 valence electrons. The summed E-state index contributed by atoms with van der Waals surface area (Å²) in [5, 5.41) is 0. The highest BCUT2D eigenvalue weighted by Crippen LogP contribution is 2.45. The van der Waals surface area contributed by atoms with Crippen molar-refractivity contribution in [1.82, 2.24) is 4.90 Å². The third-order valence-corrected chi connectivity index (χ3v) is 4.65. The summed E-state index contributed by atoms with van der Waals surface area (Å²) in [6.45, 7) is 5.52. The molecule has 0 aromatic rings. The molecule has 0 saturated carbocycles. The Morgan fingerprint density at radius 3 is 2.37 bits per heavy atom. The molecule has 0 aliphatic carbocycles. The van der Waals surface area contributed by atoms with Crippen LogP contribution in [0.15, 0.2) is 0 Å². The minimum Gasteiger partial charge on any atom is -0.469 e. The van der Waals surface area contributed by atoms with Crippen LogP contribution in [-0.4, -0.2) is 46.6 Å². The third-order valence-electron chi connectivity index (χ3n) is 3.67. The predicted molar refractivity (Wildman–Crippen MR) is 73.1 cm³/mol. The second-order valence-corrected chi connectivity index (χ2v) is 7.32. The number of esters is 1. The fourth-order valence-corrected chi connectivity index (χ4v) is 3.80. The van der Waals surface area contributed by atoms with Crippen molar-refractivity contribution in [2.24, 2.45) is 5.92 Å². The minimum absolute atomic E-state index is 0.0175. The number of nitrogens with zero attached hydrogens (tertiary/aromatic N) is 1. The SMILES string of the molecule is COC(=O)[C@@H]1C[C@H]2[C@H](Br)C[C@@H]1N2C(=O)OC(C)(C)C. The number of ether oxygens (including phenoxy) is 2. The quantitative estimate of drug-likeness (QED) is 0.545. The molecule has 5 nitrogen and oxygen atoms in total. The minimum atomic E-state index is -0.526. The van der Waals surface area contributed by atoms with Crippen molar-refractivity contribution >= 4 is 28.0 Å². The van der Waals surface area contributed by atoms with Gasteiger partial charge >= 0.3 is 12.1 Å². The van der Waals surface area contributed by atoms with Crippen molar-refractivity contribution in [3.63, 3.8) is 0 Å². The lowest BCUT2D eigenvalue weighted by atomic mass is 9.89. The summed E-state index contributed by atoms with van der Waals surface area (Å²) in [6.07, 6.45) is 1.08. The molecule has 2 fully saturated rings. The van der Waals surface area contributed by atoms with Gasteiger partial charge in [0.15, 0.2) is 0 Å². The van der Waals surface area contributed by atoms with E-state index in [0.29, 0.717) is 6.42 Å². The normalized spacial score (nSPS) is 33.4. The van der Waals surface area contributed by atoms with Crippen LogP contribution in [0.2, 0.25) is 0 Å². The third kappa shape index (κ3) is 2.73. The van der Waals surface area contributed by atoms with Crippen molar-refractivity contribution in [3.05, 3.63) is 0 Å². The highest BCUT2D eigenvalue weighted by Gasteiger charge is 2.56. The highest BCUT2D eigenvalue weighted by molar-refractivity contribution is 9.09. The lowest BCUT2D eigenvalue weighted by molar-refractivity contribution is -0.146. The van der Waals surface area contributed by atoms with Crippen molar-refractivity contribution in [2.75, 3.05) is 7.11 Å². The molecule has 0 N–H and O–H groups in total. The van der Waals surface area contributed by atoms with Gasteiger partial charge in [0.2, 0.25) is 0 Å². The van der Waals surface area contributed by atoms with Crippen LogP contribution < -0.4 is 0 Å². The zero-order chi connectivity index (χ0) is 14.4. The van der Waals surface area contributed by atoms with Crippen LogP contribution in [0, 0.1) is 5.92 Å². The molecule has 2 saturated heterocycles. The summed E-state index contributed by atoms with van der Waals surface area (Å²) in [6, 6.07) is -0.0966. The first-order chi connectivity index (χ1) is 8.74. The van der Waals surface area contributed by atoms with Crippen LogP contribution in [0.4, 0.5) is 4.79 Å². The fraction of sp³-hybridized carbons (Fsp3) is 0.846. The van der Waals surface area contributed by atoms with E-state index < -0.39 is 5.60 Å². The summed E-state index contributed by atoms with van der Waals surface area (Å²) in [5.74, 6) is -0.461. The van der Waals surface area contributed by atoms with Gasteiger partial charge in [-0.15, -0.1) is 0 Å². The number of halogens is 1. The molecule has 0 aromatic carbocycles. The van der Waals surface area contributed by atoms with E-state index in [1.165, 1.54) is 7.11 Å². The molecule has 2 bridgehead atoms. The highest BCUT2D eigenvalue weighted by atomic mass is 79.9. The molecular formula is C13H20BrNO4. The van der Waals surface area contributed by atoms with Crippen LogP contribution in [0.25, 0.3) is 0 Å². The van der Waals surface area contributed by atoms with Crippen molar-refractivity contribution in [1.29, 1.82) is 0 Å². The number of carbonyl (C=O) groups excluding carboxylic acids is 2. The number of methoxy groups -OCH3 is 1. The summed E-state index contributed by atoms with van der Waals surface area (Å²) >= 11 is 3.58. The fourth-order valence-electron chi connectivity index (χ4n) is 2.95. The average molecular weight is 334 g/mol. The van der Waals surface area contributed by atoms with E-state index in [9.17, 15) is 9.59 Å². The van der Waals surface area contributed by atoms with Crippen LogP contribution in [0.5, 0.6) is 0 Å². The topological polar surface area (TPSA) is 55.8 Å². The Balaban J connectivity index is 2.14. The van der Waals surface area contributed by atoms with Gasteiger partial charge in [0, 0.05) is 16.9 Å². The van der Waals surface area contributed by atoms with Gasteiger partial charge in [0.05, 0.1) is 13.0 Å². The monoisotopic (exact) mass is 333 g/mol. The number of carbonyl (C=O) groups is 2. The summed E-state index contributed by atoms with van der Waals surface area (Å²) < 4.78 is 10.2. The summed E-state index contributed by atoms with van der Waals surface area (Å²) in [4.78, 5) is 25.9. The Morgan fingerprint density at radius 1 is 1.21 bits per heavy atom. The first kappa shape index (κ1) is 14.6. The first-order valence-corrected chi connectivity index (χ1v) is 7.39. The number of fused-ring (bicyclic) bond motifs is 2. The second-order valence-electron chi connectivity index (χ2n) is 6.14. The van der Waals surface area contributed by atoms with Crippen molar-refractivity contribution < 1.29 is 19.1 Å². The standard InChI is InChI=1S/C13H20BrNO4/c1-13(2,3)19-12(17)15-9-6-8(14)10(15)5-7(9)11(16)18-4/h7-10H,5-6H2,1-4H3/t7-,8-,9+,10+/m1/s1. The molecule has 1 amide bonds. The summed E-state index contributed by atoms with van der Waals surface area (Å²) in [7, 11) is 1.39. The summed E-state index contributed by atoms with van der Waals surface area (Å²) in [5.41, 5.74) is -0.526. The van der Waals surface area contributed by atoms with Gasteiger partial charge in [-0.3, -0.25) is 4.79 Å². The Labute approximate surface area is 121 Å². The molecule has 0 aromatic heterocycles. The molecule has 6 heteroatoms. The maximum absolute atomic E-state index is 12.3. The number of hydrogen-bond acceptors (Lipinski definition) is 4. The zero-order valence-electron chi connectivity index (χ0n) is 11.7. The number of rotatable bonds is 1. The molecule has 2 aliphatic rings. The van der Waals surface area contributed by atoms with Gasteiger partial charge in [0.1, 0.15) is 5.60 Å². The number of alkyl halides is 1. The van der Waals surface area contributed by atoms with E-state index in [1.807, 2.05) is 20.8 Å². The largest absolute Gasteiger partial charge is 0.469 e. The lowest BCUT2D eigenvalue weighted by Crippen LogP contribution is -2.41. The van der Waals surface area contributed by atoms with Gasteiger partial charge in [-0.25, -0.2) is 4.79 Å². The average Bonchev–Trinajstić information content (AvgIpc) is 2.79. The van der Waals surface area contributed by atoms with E-state index in [2.05, 4.69) is 15.9 Å². The van der Waals surface area contributed by atoms with Gasteiger partial charge in [-0.1, -0.05) is 15.9 Å². The maximum Gasteiger partial charge on any atom is 0.410 e. The Hall–Kier alpha value is -0.780. The van der Waals surface area contributed by atoms with Crippen molar-refractivity contribution in [2.45, 2.75) is 56.1 Å². The van der Waals surface area contributed by atoms with Crippen LogP contribution in [-0.2, 0) is 14.3 Å².